The van der Waals surface area contributed by atoms with Gasteiger partial charge in [-0.25, -0.2) is 4.98 Å². The number of hydrogen-bond donors (Lipinski definition) is 1. The lowest BCUT2D eigenvalue weighted by Crippen LogP contribution is -2.33. The van der Waals surface area contributed by atoms with E-state index in [1.54, 1.807) is 35.4 Å². The van der Waals surface area contributed by atoms with Crippen molar-refractivity contribution >= 4 is 23.3 Å². The Morgan fingerprint density at radius 3 is 2.41 bits per heavy atom. The van der Waals surface area contributed by atoms with E-state index in [0.29, 0.717) is 17.1 Å². The topological polar surface area (TPSA) is 62.3 Å². The maximum atomic E-state index is 12.8. The number of anilines is 2. The summed E-state index contributed by atoms with van der Waals surface area (Å²) < 4.78 is 0. The second-order valence-electron chi connectivity index (χ2n) is 5.35. The van der Waals surface area contributed by atoms with Crippen LogP contribution in [0, 0.1) is 0 Å². The Morgan fingerprint density at radius 2 is 1.86 bits per heavy atom. The lowest BCUT2D eigenvalue weighted by Gasteiger charge is -2.21. The smallest absolute Gasteiger partial charge is 0.259 e. The normalized spacial score (nSPS) is 13.5. The van der Waals surface area contributed by atoms with Crippen LogP contribution in [0.5, 0.6) is 0 Å². The van der Waals surface area contributed by atoms with Crippen molar-refractivity contribution < 1.29 is 9.59 Å². The Kier molecular flexibility index (Phi) is 3.87. The molecule has 0 aliphatic heterocycles. The fraction of sp³-hybridized carbons (Fsp3) is 0.235. The molecule has 0 saturated heterocycles. The Morgan fingerprint density at radius 1 is 1.14 bits per heavy atom. The summed E-state index contributed by atoms with van der Waals surface area (Å²) in [5, 5.41) is 2.69. The van der Waals surface area contributed by atoms with Crippen molar-refractivity contribution in [1.29, 1.82) is 0 Å². The summed E-state index contributed by atoms with van der Waals surface area (Å²) in [4.78, 5) is 29.8. The largest absolute Gasteiger partial charge is 0.326 e. The molecule has 22 heavy (non-hydrogen) atoms. The number of rotatable bonds is 4. The highest BCUT2D eigenvalue weighted by Gasteiger charge is 2.34. The molecule has 1 fully saturated rings. The van der Waals surface area contributed by atoms with Gasteiger partial charge in [0.15, 0.2) is 0 Å². The van der Waals surface area contributed by atoms with Crippen LogP contribution in [0.15, 0.2) is 48.7 Å². The number of aromatic nitrogens is 1. The van der Waals surface area contributed by atoms with Gasteiger partial charge in [0, 0.05) is 30.4 Å². The molecule has 2 amide bonds. The molecule has 0 spiro atoms. The van der Waals surface area contributed by atoms with Crippen molar-refractivity contribution in [3.05, 3.63) is 54.2 Å². The van der Waals surface area contributed by atoms with E-state index in [-0.39, 0.29) is 17.9 Å². The molecule has 5 nitrogen and oxygen atoms in total. The van der Waals surface area contributed by atoms with Gasteiger partial charge >= 0.3 is 0 Å². The fourth-order valence-electron chi connectivity index (χ4n) is 2.32. The van der Waals surface area contributed by atoms with E-state index in [4.69, 9.17) is 0 Å². The molecular weight excluding hydrogens is 278 g/mol. The van der Waals surface area contributed by atoms with Gasteiger partial charge in [-0.05, 0) is 49.2 Å². The molecule has 1 N–H and O–H groups in total. The summed E-state index contributed by atoms with van der Waals surface area (Å²) in [7, 11) is 0. The summed E-state index contributed by atoms with van der Waals surface area (Å²) in [5.74, 6) is 0.490. The summed E-state index contributed by atoms with van der Waals surface area (Å²) in [5.41, 5.74) is 1.27. The molecule has 1 aliphatic rings. The number of benzene rings is 1. The first kappa shape index (κ1) is 14.3. The molecule has 0 radical (unpaired) electrons. The van der Waals surface area contributed by atoms with Crippen LogP contribution in [0.4, 0.5) is 11.5 Å². The third-order valence-electron chi connectivity index (χ3n) is 3.48. The van der Waals surface area contributed by atoms with Crippen LogP contribution in [0.3, 0.4) is 0 Å². The van der Waals surface area contributed by atoms with Gasteiger partial charge in [-0.2, -0.15) is 0 Å². The molecule has 0 atom stereocenters. The van der Waals surface area contributed by atoms with Crippen LogP contribution in [0.2, 0.25) is 0 Å². The molecule has 1 aromatic heterocycles. The monoisotopic (exact) mass is 295 g/mol. The minimum absolute atomic E-state index is 0.0597. The number of carbonyl (C=O) groups is 2. The van der Waals surface area contributed by atoms with Gasteiger partial charge in [0.05, 0.1) is 0 Å². The minimum atomic E-state index is -0.132. The number of pyridine rings is 1. The second-order valence-corrected chi connectivity index (χ2v) is 5.35. The van der Waals surface area contributed by atoms with Crippen molar-refractivity contribution in [3.8, 4) is 0 Å². The number of nitrogens with one attached hydrogen (secondary N) is 1. The van der Waals surface area contributed by atoms with Gasteiger partial charge in [-0.3, -0.25) is 14.5 Å². The molecule has 0 unspecified atom stereocenters. The van der Waals surface area contributed by atoms with E-state index in [0.717, 1.165) is 12.8 Å². The molecule has 2 aromatic rings. The van der Waals surface area contributed by atoms with Crippen LogP contribution in [0.1, 0.15) is 30.1 Å². The fourth-order valence-corrected chi connectivity index (χ4v) is 2.32. The maximum absolute atomic E-state index is 12.8. The van der Waals surface area contributed by atoms with Gasteiger partial charge in [0.2, 0.25) is 5.91 Å². The van der Waals surface area contributed by atoms with Crippen LogP contribution in [-0.2, 0) is 4.79 Å². The van der Waals surface area contributed by atoms with Gasteiger partial charge in [0.25, 0.3) is 5.91 Å². The Balaban J connectivity index is 1.83. The van der Waals surface area contributed by atoms with E-state index < -0.39 is 0 Å². The first-order valence-electron chi connectivity index (χ1n) is 7.27. The number of hydrogen-bond acceptors (Lipinski definition) is 3. The van der Waals surface area contributed by atoms with Crippen molar-refractivity contribution in [3.63, 3.8) is 0 Å². The van der Waals surface area contributed by atoms with Crippen molar-refractivity contribution in [2.45, 2.75) is 25.8 Å². The van der Waals surface area contributed by atoms with Crippen LogP contribution < -0.4 is 10.2 Å². The molecule has 1 aliphatic carbocycles. The third kappa shape index (κ3) is 3.14. The van der Waals surface area contributed by atoms with E-state index in [2.05, 4.69) is 10.3 Å². The van der Waals surface area contributed by atoms with Gasteiger partial charge < -0.3 is 5.32 Å². The molecule has 0 bridgehead atoms. The van der Waals surface area contributed by atoms with Gasteiger partial charge in [0.1, 0.15) is 5.82 Å². The summed E-state index contributed by atoms with van der Waals surface area (Å²) in [6.45, 7) is 1.45. The molecular formula is C17H17N3O2. The first-order chi connectivity index (χ1) is 10.6. The quantitative estimate of drug-likeness (QED) is 0.943. The Hall–Kier alpha value is -2.69. The molecule has 112 valence electrons. The van der Waals surface area contributed by atoms with Crippen molar-refractivity contribution in [2.24, 2.45) is 0 Å². The molecule has 1 aromatic carbocycles. The second kappa shape index (κ2) is 5.97. The zero-order valence-corrected chi connectivity index (χ0v) is 12.3. The zero-order chi connectivity index (χ0) is 15.5. The standard InChI is InChI=1S/C17H17N3O2/c1-12(21)19-14-7-5-13(6-8-14)17(22)20(15-9-10-15)16-4-2-3-11-18-16/h2-8,11,15H,9-10H2,1H3,(H,19,21). The van der Waals surface area contributed by atoms with Crippen LogP contribution in [0.25, 0.3) is 0 Å². The Bertz CT molecular complexity index is 679. The maximum Gasteiger partial charge on any atom is 0.259 e. The highest BCUT2D eigenvalue weighted by molar-refractivity contribution is 6.06. The van der Waals surface area contributed by atoms with E-state index >= 15 is 0 Å². The minimum Gasteiger partial charge on any atom is -0.326 e. The SMILES string of the molecule is CC(=O)Nc1ccc(C(=O)N(c2ccccn2)C2CC2)cc1. The van der Waals surface area contributed by atoms with Gasteiger partial charge in [-0.15, -0.1) is 0 Å². The predicted octanol–water partition coefficient (Wildman–Crippen LogP) is 2.85. The molecule has 3 rings (SSSR count). The van der Waals surface area contributed by atoms with Crippen LogP contribution >= 0.6 is 0 Å². The van der Waals surface area contributed by atoms with Crippen molar-refractivity contribution in [2.75, 3.05) is 10.2 Å². The molecule has 1 heterocycles. The predicted molar refractivity (Wildman–Crippen MR) is 84.8 cm³/mol. The zero-order valence-electron chi connectivity index (χ0n) is 12.3. The summed E-state index contributed by atoms with van der Waals surface area (Å²) in [6.07, 6.45) is 3.70. The van der Waals surface area contributed by atoms with Gasteiger partial charge in [-0.1, -0.05) is 6.07 Å². The van der Waals surface area contributed by atoms with E-state index in [9.17, 15) is 9.59 Å². The number of amides is 2. The highest BCUT2D eigenvalue weighted by atomic mass is 16.2. The lowest BCUT2D eigenvalue weighted by atomic mass is 10.1. The number of carbonyl (C=O) groups excluding carboxylic acids is 2. The lowest BCUT2D eigenvalue weighted by molar-refractivity contribution is -0.114. The van der Waals surface area contributed by atoms with E-state index in [1.165, 1.54) is 6.92 Å². The summed E-state index contributed by atoms with van der Waals surface area (Å²) >= 11 is 0. The molecule has 5 heteroatoms. The highest BCUT2D eigenvalue weighted by Crippen LogP contribution is 2.32. The first-order valence-corrected chi connectivity index (χ1v) is 7.27. The average molecular weight is 295 g/mol. The third-order valence-corrected chi connectivity index (χ3v) is 3.48. The average Bonchev–Trinajstić information content (AvgIpc) is 3.33. The Labute approximate surface area is 129 Å². The van der Waals surface area contributed by atoms with Crippen LogP contribution in [-0.4, -0.2) is 22.8 Å². The number of nitrogens with zero attached hydrogens (tertiary/aromatic N) is 2. The van der Waals surface area contributed by atoms with Crippen molar-refractivity contribution in [1.82, 2.24) is 4.98 Å². The molecule has 1 saturated carbocycles. The van der Waals surface area contributed by atoms with E-state index in [1.807, 2.05) is 18.2 Å². The summed E-state index contributed by atoms with van der Waals surface area (Å²) in [6, 6.07) is 12.7.